The van der Waals surface area contributed by atoms with Gasteiger partial charge in [-0.1, -0.05) is 67.6 Å². The van der Waals surface area contributed by atoms with Gasteiger partial charge < -0.3 is 4.74 Å². The molecule has 3 heteroatoms. The van der Waals surface area contributed by atoms with Crippen molar-refractivity contribution >= 4 is 0 Å². The third kappa shape index (κ3) is 3.50. The minimum atomic E-state index is 0.361. The molecule has 2 aliphatic rings. The molecule has 0 radical (unpaired) electrons. The van der Waals surface area contributed by atoms with Crippen LogP contribution in [0.4, 0.5) is 0 Å². The van der Waals surface area contributed by atoms with Gasteiger partial charge in [-0.2, -0.15) is 0 Å². The van der Waals surface area contributed by atoms with Crippen molar-refractivity contribution in [3.05, 3.63) is 71.8 Å². The lowest BCUT2D eigenvalue weighted by Crippen LogP contribution is -2.64. The van der Waals surface area contributed by atoms with Crippen molar-refractivity contribution in [3.8, 4) is 0 Å². The summed E-state index contributed by atoms with van der Waals surface area (Å²) >= 11 is 0. The Bertz CT molecular complexity index is 615. The Morgan fingerprint density at radius 3 is 2.12 bits per heavy atom. The van der Waals surface area contributed by atoms with Crippen LogP contribution in [0.5, 0.6) is 0 Å². The third-order valence-electron chi connectivity index (χ3n) is 5.70. The summed E-state index contributed by atoms with van der Waals surface area (Å²) in [6.45, 7) is 7.43. The van der Waals surface area contributed by atoms with Crippen molar-refractivity contribution in [3.63, 3.8) is 0 Å². The van der Waals surface area contributed by atoms with E-state index in [1.165, 1.54) is 17.5 Å². The molecule has 4 rings (SSSR count). The first-order chi connectivity index (χ1) is 12.4. The summed E-state index contributed by atoms with van der Waals surface area (Å²) in [4.78, 5) is 5.31. The zero-order chi connectivity index (χ0) is 17.1. The highest BCUT2D eigenvalue weighted by molar-refractivity contribution is 5.32. The second-order valence-electron chi connectivity index (χ2n) is 7.21. The van der Waals surface area contributed by atoms with E-state index < -0.39 is 0 Å². The summed E-state index contributed by atoms with van der Waals surface area (Å²) in [6.07, 6.45) is 1.18. The molecule has 25 heavy (non-hydrogen) atoms. The molecule has 0 aliphatic carbocycles. The van der Waals surface area contributed by atoms with Crippen molar-refractivity contribution in [1.29, 1.82) is 0 Å². The van der Waals surface area contributed by atoms with E-state index in [0.29, 0.717) is 18.1 Å². The summed E-state index contributed by atoms with van der Waals surface area (Å²) < 4.78 is 5.68. The van der Waals surface area contributed by atoms with Crippen LogP contribution in [0.15, 0.2) is 60.7 Å². The van der Waals surface area contributed by atoms with Crippen LogP contribution in [0, 0.1) is 0 Å². The van der Waals surface area contributed by atoms with E-state index in [-0.39, 0.29) is 0 Å². The van der Waals surface area contributed by atoms with Gasteiger partial charge in [-0.15, -0.1) is 0 Å². The Labute approximate surface area is 151 Å². The Hall–Kier alpha value is -1.68. The number of hydrogen-bond donors (Lipinski definition) is 0. The van der Waals surface area contributed by atoms with Crippen molar-refractivity contribution < 1.29 is 4.74 Å². The van der Waals surface area contributed by atoms with Crippen molar-refractivity contribution in [2.24, 2.45) is 0 Å². The number of nitrogens with zero attached hydrogens (tertiary/aromatic N) is 2. The van der Waals surface area contributed by atoms with E-state index in [0.717, 1.165) is 32.8 Å². The number of morpholine rings is 1. The maximum Gasteiger partial charge on any atom is 0.0622 e. The first-order valence-corrected chi connectivity index (χ1v) is 9.54. The molecular formula is C22H28N2O. The number of likely N-dealkylation sites (tertiary alicyclic amines) is 1. The van der Waals surface area contributed by atoms with Gasteiger partial charge in [-0.3, -0.25) is 9.80 Å². The monoisotopic (exact) mass is 336 g/mol. The number of ether oxygens (including phenoxy) is 1. The molecule has 2 fully saturated rings. The summed E-state index contributed by atoms with van der Waals surface area (Å²) in [6, 6.07) is 23.5. The van der Waals surface area contributed by atoms with E-state index in [1.54, 1.807) is 0 Å². The highest BCUT2D eigenvalue weighted by atomic mass is 16.5. The van der Waals surface area contributed by atoms with E-state index in [9.17, 15) is 0 Å². The van der Waals surface area contributed by atoms with E-state index in [4.69, 9.17) is 4.74 Å². The summed E-state index contributed by atoms with van der Waals surface area (Å²) in [5.74, 6) is 0. The van der Waals surface area contributed by atoms with Crippen LogP contribution < -0.4 is 0 Å². The predicted octanol–water partition coefficient (Wildman–Crippen LogP) is 3.57. The normalized spacial score (nSPS) is 22.9. The van der Waals surface area contributed by atoms with Crippen LogP contribution in [-0.2, 0) is 4.74 Å². The van der Waals surface area contributed by atoms with Gasteiger partial charge in [0.25, 0.3) is 0 Å². The average molecular weight is 336 g/mol. The van der Waals surface area contributed by atoms with Gasteiger partial charge in [0, 0.05) is 31.7 Å². The number of benzene rings is 2. The van der Waals surface area contributed by atoms with Crippen molar-refractivity contribution in [1.82, 2.24) is 9.80 Å². The molecule has 132 valence electrons. The maximum absolute atomic E-state index is 5.68. The molecule has 0 aromatic heterocycles. The van der Waals surface area contributed by atoms with Crippen LogP contribution in [-0.4, -0.2) is 54.7 Å². The quantitative estimate of drug-likeness (QED) is 0.830. The summed E-state index contributed by atoms with van der Waals surface area (Å²) in [5.41, 5.74) is 2.78. The van der Waals surface area contributed by atoms with Gasteiger partial charge in [-0.25, -0.2) is 0 Å². The Morgan fingerprint density at radius 1 is 0.960 bits per heavy atom. The molecule has 0 bridgehead atoms. The van der Waals surface area contributed by atoms with Gasteiger partial charge in [-0.05, 0) is 17.5 Å². The molecule has 2 aromatic carbocycles. The molecule has 0 N–H and O–H groups in total. The standard InChI is InChI=1S/C22H28N2O/c1-2-20-17-25-14-13-24(20)21-15-23(16-21)22(18-9-5-3-6-10-18)19-11-7-4-8-12-19/h3-12,20-22H,2,13-17H2,1H3/t20-/m1/s1. The van der Waals surface area contributed by atoms with Crippen LogP contribution >= 0.6 is 0 Å². The second-order valence-corrected chi connectivity index (χ2v) is 7.21. The molecule has 1 atom stereocenters. The lowest BCUT2D eigenvalue weighted by atomic mass is 9.92. The van der Waals surface area contributed by atoms with E-state index >= 15 is 0 Å². The molecule has 2 heterocycles. The highest BCUT2D eigenvalue weighted by Gasteiger charge is 2.39. The first kappa shape index (κ1) is 16.8. The van der Waals surface area contributed by atoms with E-state index in [2.05, 4.69) is 77.4 Å². The third-order valence-corrected chi connectivity index (χ3v) is 5.70. The summed E-state index contributed by atoms with van der Waals surface area (Å²) in [7, 11) is 0. The maximum atomic E-state index is 5.68. The van der Waals surface area contributed by atoms with E-state index in [1.807, 2.05) is 0 Å². The Balaban J connectivity index is 1.51. The predicted molar refractivity (Wildman–Crippen MR) is 102 cm³/mol. The largest absolute Gasteiger partial charge is 0.378 e. The Kier molecular flexibility index (Phi) is 5.16. The fourth-order valence-corrected chi connectivity index (χ4v) is 4.29. The first-order valence-electron chi connectivity index (χ1n) is 9.54. The van der Waals surface area contributed by atoms with Crippen LogP contribution in [0.2, 0.25) is 0 Å². The number of rotatable bonds is 5. The topological polar surface area (TPSA) is 15.7 Å². The van der Waals surface area contributed by atoms with Crippen molar-refractivity contribution in [2.75, 3.05) is 32.8 Å². The van der Waals surface area contributed by atoms with Crippen LogP contribution in [0.1, 0.15) is 30.5 Å². The lowest BCUT2D eigenvalue weighted by molar-refractivity contribution is -0.0754. The molecule has 0 unspecified atom stereocenters. The van der Waals surface area contributed by atoms with Crippen LogP contribution in [0.25, 0.3) is 0 Å². The van der Waals surface area contributed by atoms with Gasteiger partial charge in [0.15, 0.2) is 0 Å². The van der Waals surface area contributed by atoms with Gasteiger partial charge in [0.05, 0.1) is 19.3 Å². The fraction of sp³-hybridized carbons (Fsp3) is 0.455. The zero-order valence-corrected chi connectivity index (χ0v) is 15.1. The SMILES string of the molecule is CC[C@@H]1COCCN1C1CN(C(c2ccccc2)c2ccccc2)C1. The highest BCUT2D eigenvalue weighted by Crippen LogP contribution is 2.34. The van der Waals surface area contributed by atoms with Gasteiger partial charge in [0.1, 0.15) is 0 Å². The fourth-order valence-electron chi connectivity index (χ4n) is 4.29. The molecule has 3 nitrogen and oxygen atoms in total. The smallest absolute Gasteiger partial charge is 0.0622 e. The molecule has 2 aromatic rings. The van der Waals surface area contributed by atoms with Crippen molar-refractivity contribution in [2.45, 2.75) is 31.5 Å². The van der Waals surface area contributed by atoms with Gasteiger partial charge >= 0.3 is 0 Å². The molecule has 0 spiro atoms. The summed E-state index contributed by atoms with van der Waals surface area (Å²) in [5, 5.41) is 0. The minimum absolute atomic E-state index is 0.361. The zero-order valence-electron chi connectivity index (χ0n) is 15.1. The average Bonchev–Trinajstić information content (AvgIpc) is 2.66. The minimum Gasteiger partial charge on any atom is -0.378 e. The van der Waals surface area contributed by atoms with Gasteiger partial charge in [0.2, 0.25) is 0 Å². The molecule has 2 aliphatic heterocycles. The van der Waals surface area contributed by atoms with Crippen LogP contribution in [0.3, 0.4) is 0 Å². The molecule has 0 amide bonds. The second kappa shape index (κ2) is 7.69. The Morgan fingerprint density at radius 2 is 1.56 bits per heavy atom. The number of hydrogen-bond acceptors (Lipinski definition) is 3. The molecular weight excluding hydrogens is 308 g/mol. The molecule has 0 saturated carbocycles. The lowest BCUT2D eigenvalue weighted by Gasteiger charge is -2.52. The molecule has 2 saturated heterocycles.